The zero-order chi connectivity index (χ0) is 19.7. The molecule has 7 heteroatoms. The van der Waals surface area contributed by atoms with E-state index in [4.69, 9.17) is 14.5 Å². The minimum atomic E-state index is -0.423. The van der Waals surface area contributed by atoms with E-state index in [-0.39, 0.29) is 11.9 Å². The molecule has 1 amide bonds. The lowest BCUT2D eigenvalue weighted by atomic mass is 9.83. The minimum Gasteiger partial charge on any atom is -0.378 e. The molecule has 0 radical (unpaired) electrons. The normalized spacial score (nSPS) is 23.6. The molecule has 29 heavy (non-hydrogen) atoms. The third-order valence-electron chi connectivity index (χ3n) is 6.18. The number of nitrogens with zero attached hydrogens (tertiary/aromatic N) is 3. The van der Waals surface area contributed by atoms with Gasteiger partial charge in [-0.15, -0.1) is 0 Å². The number of morpholine rings is 1. The Balaban J connectivity index is 1.37. The molecule has 1 atom stereocenters. The van der Waals surface area contributed by atoms with Crippen LogP contribution in [0.3, 0.4) is 0 Å². The van der Waals surface area contributed by atoms with Crippen molar-refractivity contribution in [3.63, 3.8) is 0 Å². The number of carbonyl (C=O) groups excluding carboxylic acids is 1. The number of aromatic nitrogens is 2. The molecule has 152 valence electrons. The molecule has 2 fully saturated rings. The van der Waals surface area contributed by atoms with Gasteiger partial charge in [0.25, 0.3) is 0 Å². The summed E-state index contributed by atoms with van der Waals surface area (Å²) < 4.78 is 11.8. The predicted octanol–water partition coefficient (Wildman–Crippen LogP) is 1.52. The van der Waals surface area contributed by atoms with Gasteiger partial charge in [-0.05, 0) is 24.8 Å². The number of hydrogen-bond acceptors (Lipinski definition) is 6. The quantitative estimate of drug-likeness (QED) is 0.832. The first-order valence-electron chi connectivity index (χ1n) is 10.4. The molecule has 3 aliphatic rings. The highest BCUT2D eigenvalue weighted by Crippen LogP contribution is 2.41. The number of benzene rings is 1. The predicted molar refractivity (Wildman–Crippen MR) is 107 cm³/mol. The van der Waals surface area contributed by atoms with Gasteiger partial charge in [0, 0.05) is 31.4 Å². The van der Waals surface area contributed by atoms with E-state index in [2.05, 4.69) is 10.3 Å². The Labute approximate surface area is 170 Å². The van der Waals surface area contributed by atoms with Gasteiger partial charge in [0.2, 0.25) is 5.91 Å². The largest absolute Gasteiger partial charge is 0.378 e. The molecule has 3 aliphatic heterocycles. The summed E-state index contributed by atoms with van der Waals surface area (Å²) in [5, 5.41) is 3.26. The second kappa shape index (κ2) is 7.82. The van der Waals surface area contributed by atoms with E-state index in [0.29, 0.717) is 32.9 Å². The van der Waals surface area contributed by atoms with Gasteiger partial charge in [0.05, 0.1) is 25.5 Å². The van der Waals surface area contributed by atoms with Crippen molar-refractivity contribution in [1.82, 2.24) is 20.2 Å². The number of likely N-dealkylation sites (tertiary alicyclic amines) is 1. The van der Waals surface area contributed by atoms with Crippen LogP contribution in [-0.4, -0.2) is 66.3 Å². The zero-order valence-corrected chi connectivity index (χ0v) is 16.5. The molecule has 1 aromatic heterocycles. The van der Waals surface area contributed by atoms with Gasteiger partial charge < -0.3 is 19.7 Å². The smallest absolute Gasteiger partial charge is 0.242 e. The molecular weight excluding hydrogens is 368 g/mol. The maximum Gasteiger partial charge on any atom is 0.242 e. The summed E-state index contributed by atoms with van der Waals surface area (Å²) in [6, 6.07) is 9.81. The SMILES string of the molecule is O=C([C@H]1COCCN1)N1CCC2(CC1)OCCc1cnc(-c3ccccc3)nc12. The molecule has 5 rings (SSSR count). The Hall–Kier alpha value is -2.35. The summed E-state index contributed by atoms with van der Waals surface area (Å²) >= 11 is 0. The molecule has 2 saturated heterocycles. The van der Waals surface area contributed by atoms with Crippen molar-refractivity contribution in [3.05, 3.63) is 47.8 Å². The van der Waals surface area contributed by atoms with Crippen molar-refractivity contribution >= 4 is 5.91 Å². The Morgan fingerprint density at radius 3 is 2.76 bits per heavy atom. The van der Waals surface area contributed by atoms with Gasteiger partial charge >= 0.3 is 0 Å². The Bertz CT molecular complexity index is 875. The first kappa shape index (κ1) is 18.7. The van der Waals surface area contributed by atoms with E-state index >= 15 is 0 Å². The first-order valence-corrected chi connectivity index (χ1v) is 10.4. The summed E-state index contributed by atoms with van der Waals surface area (Å²) in [4.78, 5) is 24.3. The van der Waals surface area contributed by atoms with Crippen molar-refractivity contribution < 1.29 is 14.3 Å². The van der Waals surface area contributed by atoms with Crippen LogP contribution in [0.25, 0.3) is 11.4 Å². The molecule has 0 unspecified atom stereocenters. The second-order valence-corrected chi connectivity index (χ2v) is 7.93. The molecule has 0 bridgehead atoms. The van der Waals surface area contributed by atoms with Crippen molar-refractivity contribution in [2.45, 2.75) is 30.9 Å². The van der Waals surface area contributed by atoms with Crippen LogP contribution in [0.2, 0.25) is 0 Å². The maximum absolute atomic E-state index is 12.8. The van der Waals surface area contributed by atoms with Gasteiger partial charge in [-0.1, -0.05) is 30.3 Å². The van der Waals surface area contributed by atoms with Gasteiger partial charge in [-0.2, -0.15) is 0 Å². The van der Waals surface area contributed by atoms with Crippen molar-refractivity contribution in [1.29, 1.82) is 0 Å². The highest BCUT2D eigenvalue weighted by molar-refractivity contribution is 5.82. The molecule has 0 saturated carbocycles. The molecular formula is C22H26N4O3. The molecule has 1 spiro atoms. The number of carbonyl (C=O) groups is 1. The van der Waals surface area contributed by atoms with E-state index < -0.39 is 5.60 Å². The second-order valence-electron chi connectivity index (χ2n) is 7.93. The molecule has 7 nitrogen and oxygen atoms in total. The summed E-state index contributed by atoms with van der Waals surface area (Å²) in [7, 11) is 0. The van der Waals surface area contributed by atoms with E-state index in [1.165, 1.54) is 0 Å². The van der Waals surface area contributed by atoms with Crippen LogP contribution >= 0.6 is 0 Å². The third kappa shape index (κ3) is 3.54. The van der Waals surface area contributed by atoms with Gasteiger partial charge in [0.1, 0.15) is 11.6 Å². The average molecular weight is 394 g/mol. The number of fused-ring (bicyclic) bond motifs is 2. The summed E-state index contributed by atoms with van der Waals surface area (Å²) in [6.07, 6.45) is 4.29. The van der Waals surface area contributed by atoms with E-state index in [1.54, 1.807) is 0 Å². The fourth-order valence-corrected chi connectivity index (χ4v) is 4.55. The van der Waals surface area contributed by atoms with Crippen LogP contribution in [0, 0.1) is 0 Å². The average Bonchev–Trinajstić information content (AvgIpc) is 2.80. The standard InChI is InChI=1S/C22H26N4O3/c27-21(18-15-28-13-9-23-18)26-10-7-22(8-11-26)19-17(6-12-29-22)14-24-20(25-19)16-4-2-1-3-5-16/h1-5,14,18,23H,6-13,15H2/t18-/m1/s1. The molecule has 4 heterocycles. The zero-order valence-electron chi connectivity index (χ0n) is 16.5. The first-order chi connectivity index (χ1) is 14.3. The highest BCUT2D eigenvalue weighted by atomic mass is 16.5. The number of piperidine rings is 1. The Kier molecular flexibility index (Phi) is 5.03. The van der Waals surface area contributed by atoms with Gasteiger partial charge in [0.15, 0.2) is 5.82 Å². The van der Waals surface area contributed by atoms with Crippen molar-refractivity contribution in [2.75, 3.05) is 39.5 Å². The van der Waals surface area contributed by atoms with Crippen LogP contribution in [0.4, 0.5) is 0 Å². The fourth-order valence-electron chi connectivity index (χ4n) is 4.55. The van der Waals surface area contributed by atoms with Crippen LogP contribution < -0.4 is 5.32 Å². The van der Waals surface area contributed by atoms with Crippen LogP contribution in [0.1, 0.15) is 24.1 Å². The van der Waals surface area contributed by atoms with Crippen molar-refractivity contribution in [3.8, 4) is 11.4 Å². The topological polar surface area (TPSA) is 76.6 Å². The summed E-state index contributed by atoms with van der Waals surface area (Å²) in [5.74, 6) is 0.861. The lowest BCUT2D eigenvalue weighted by molar-refractivity contribution is -0.145. The fraction of sp³-hybridized carbons (Fsp3) is 0.500. The highest BCUT2D eigenvalue weighted by Gasteiger charge is 2.44. The van der Waals surface area contributed by atoms with E-state index in [9.17, 15) is 4.79 Å². The lowest BCUT2D eigenvalue weighted by Crippen LogP contribution is -2.56. The molecule has 1 N–H and O–H groups in total. The monoisotopic (exact) mass is 394 g/mol. The molecule has 1 aromatic carbocycles. The summed E-state index contributed by atoms with van der Waals surface area (Å²) in [6.45, 7) is 3.85. The minimum absolute atomic E-state index is 0.128. The number of ether oxygens (including phenoxy) is 2. The van der Waals surface area contributed by atoms with Crippen LogP contribution in [0.5, 0.6) is 0 Å². The number of rotatable bonds is 2. The lowest BCUT2D eigenvalue weighted by Gasteiger charge is -2.44. The van der Waals surface area contributed by atoms with Crippen LogP contribution in [-0.2, 0) is 26.3 Å². The molecule has 0 aliphatic carbocycles. The number of hydrogen-bond donors (Lipinski definition) is 1. The maximum atomic E-state index is 12.8. The Morgan fingerprint density at radius 2 is 2.00 bits per heavy atom. The third-order valence-corrected chi connectivity index (χ3v) is 6.18. The van der Waals surface area contributed by atoms with Crippen molar-refractivity contribution in [2.24, 2.45) is 0 Å². The number of amides is 1. The van der Waals surface area contributed by atoms with Gasteiger partial charge in [-0.3, -0.25) is 4.79 Å². The molecule has 2 aromatic rings. The number of nitrogens with one attached hydrogen (secondary N) is 1. The van der Waals surface area contributed by atoms with Crippen LogP contribution in [0.15, 0.2) is 36.5 Å². The van der Waals surface area contributed by atoms with Gasteiger partial charge in [-0.25, -0.2) is 9.97 Å². The Morgan fingerprint density at radius 1 is 1.17 bits per heavy atom. The van der Waals surface area contributed by atoms with E-state index in [0.717, 1.165) is 48.5 Å². The van der Waals surface area contributed by atoms with E-state index in [1.807, 2.05) is 41.4 Å². The summed E-state index contributed by atoms with van der Waals surface area (Å²) in [5.41, 5.74) is 2.75.